The third-order valence-corrected chi connectivity index (χ3v) is 2.94. The standard InChI is InChI=1S/C14H23NO2/c1-3-17-14(16)10-6-4-5-7-11-15-12-8-9-13(15)2/h6-7,10-11,13H,3-5,8-9,12H2,1-2H3/b10-6+,11-7+/t13-/m1/s1. The first kappa shape index (κ1) is 13.8. The summed E-state index contributed by atoms with van der Waals surface area (Å²) in [4.78, 5) is 13.4. The monoisotopic (exact) mass is 237 g/mol. The van der Waals surface area contributed by atoms with Crippen LogP contribution < -0.4 is 0 Å². The van der Waals surface area contributed by atoms with Crippen molar-refractivity contribution in [2.75, 3.05) is 13.2 Å². The lowest BCUT2D eigenvalue weighted by Crippen LogP contribution is -2.19. The Balaban J connectivity index is 2.11. The van der Waals surface area contributed by atoms with Crippen LogP contribution in [0, 0.1) is 0 Å². The SMILES string of the molecule is CCOC(=O)/C=C/CC/C=C/N1CCC[C@H]1C. The second-order valence-electron chi connectivity index (χ2n) is 4.35. The molecule has 0 aromatic rings. The lowest BCUT2D eigenvalue weighted by Gasteiger charge is -2.17. The molecule has 0 saturated carbocycles. The molecule has 1 atom stereocenters. The third-order valence-electron chi connectivity index (χ3n) is 2.94. The smallest absolute Gasteiger partial charge is 0.330 e. The molecule has 0 aromatic carbocycles. The summed E-state index contributed by atoms with van der Waals surface area (Å²) in [6.07, 6.45) is 12.2. The Morgan fingerprint density at radius 1 is 1.41 bits per heavy atom. The second kappa shape index (κ2) is 7.93. The van der Waals surface area contributed by atoms with Crippen molar-refractivity contribution in [2.24, 2.45) is 0 Å². The van der Waals surface area contributed by atoms with E-state index >= 15 is 0 Å². The van der Waals surface area contributed by atoms with E-state index < -0.39 is 0 Å². The molecule has 0 radical (unpaired) electrons. The van der Waals surface area contributed by atoms with Crippen LogP contribution in [0.5, 0.6) is 0 Å². The van der Waals surface area contributed by atoms with Crippen LogP contribution in [-0.4, -0.2) is 30.1 Å². The molecule has 0 spiro atoms. The van der Waals surface area contributed by atoms with Crippen molar-refractivity contribution in [3.8, 4) is 0 Å². The molecule has 0 N–H and O–H groups in total. The number of esters is 1. The molecule has 0 aromatic heterocycles. The van der Waals surface area contributed by atoms with Gasteiger partial charge in [-0.05, 0) is 45.7 Å². The lowest BCUT2D eigenvalue weighted by molar-refractivity contribution is -0.137. The maximum absolute atomic E-state index is 11.0. The zero-order valence-electron chi connectivity index (χ0n) is 10.9. The molecule has 17 heavy (non-hydrogen) atoms. The normalized spacial score (nSPS) is 20.6. The highest BCUT2D eigenvalue weighted by Gasteiger charge is 2.15. The van der Waals surface area contributed by atoms with Crippen LogP contribution in [0.4, 0.5) is 0 Å². The van der Waals surface area contributed by atoms with Gasteiger partial charge in [-0.1, -0.05) is 12.2 Å². The molecule has 0 amide bonds. The summed E-state index contributed by atoms with van der Waals surface area (Å²) < 4.78 is 4.79. The number of unbranched alkanes of at least 4 members (excludes halogenated alkanes) is 1. The fourth-order valence-electron chi connectivity index (χ4n) is 1.95. The predicted octanol–water partition coefficient (Wildman–Crippen LogP) is 2.88. The Morgan fingerprint density at radius 2 is 2.18 bits per heavy atom. The van der Waals surface area contributed by atoms with Crippen LogP contribution >= 0.6 is 0 Å². The maximum atomic E-state index is 11.0. The number of rotatable bonds is 6. The Kier molecular flexibility index (Phi) is 6.45. The second-order valence-corrected chi connectivity index (χ2v) is 4.35. The number of hydrogen-bond acceptors (Lipinski definition) is 3. The van der Waals surface area contributed by atoms with Crippen LogP contribution in [0.25, 0.3) is 0 Å². The number of carbonyl (C=O) groups is 1. The Morgan fingerprint density at radius 3 is 2.82 bits per heavy atom. The maximum Gasteiger partial charge on any atom is 0.330 e. The van der Waals surface area contributed by atoms with Gasteiger partial charge in [0.2, 0.25) is 0 Å². The van der Waals surface area contributed by atoms with Gasteiger partial charge in [-0.15, -0.1) is 0 Å². The zero-order chi connectivity index (χ0) is 12.5. The van der Waals surface area contributed by atoms with Gasteiger partial charge in [-0.25, -0.2) is 4.79 Å². The summed E-state index contributed by atoms with van der Waals surface area (Å²) in [5.74, 6) is -0.246. The molecule has 1 saturated heterocycles. The van der Waals surface area contributed by atoms with Crippen LogP contribution in [0.2, 0.25) is 0 Å². The molecular formula is C14H23NO2. The van der Waals surface area contributed by atoms with Crippen molar-refractivity contribution in [3.63, 3.8) is 0 Å². The Labute approximate surface area is 104 Å². The minimum Gasteiger partial charge on any atom is -0.463 e. The largest absolute Gasteiger partial charge is 0.463 e. The van der Waals surface area contributed by atoms with Gasteiger partial charge in [0.15, 0.2) is 0 Å². The van der Waals surface area contributed by atoms with E-state index in [1.165, 1.54) is 25.5 Å². The highest BCUT2D eigenvalue weighted by molar-refractivity contribution is 5.81. The number of allylic oxidation sites excluding steroid dienone is 2. The van der Waals surface area contributed by atoms with Crippen LogP contribution in [0.15, 0.2) is 24.4 Å². The van der Waals surface area contributed by atoms with Gasteiger partial charge in [0, 0.05) is 18.7 Å². The number of hydrogen-bond donors (Lipinski definition) is 0. The molecule has 1 rings (SSSR count). The number of nitrogens with zero attached hydrogens (tertiary/aromatic N) is 1. The summed E-state index contributed by atoms with van der Waals surface area (Å²) >= 11 is 0. The molecule has 3 heteroatoms. The molecule has 96 valence electrons. The first-order valence-corrected chi connectivity index (χ1v) is 6.49. The topological polar surface area (TPSA) is 29.5 Å². The van der Waals surface area contributed by atoms with Crippen LogP contribution in [0.3, 0.4) is 0 Å². The van der Waals surface area contributed by atoms with Crippen molar-refractivity contribution in [1.29, 1.82) is 0 Å². The van der Waals surface area contributed by atoms with E-state index in [-0.39, 0.29) is 5.97 Å². The highest BCUT2D eigenvalue weighted by atomic mass is 16.5. The molecule has 3 nitrogen and oxygen atoms in total. The molecule has 1 aliphatic heterocycles. The van der Waals surface area contributed by atoms with E-state index in [1.54, 1.807) is 0 Å². The lowest BCUT2D eigenvalue weighted by atomic mass is 10.2. The first-order chi connectivity index (χ1) is 8.24. The van der Waals surface area contributed by atoms with Gasteiger partial charge in [0.05, 0.1) is 6.61 Å². The Bertz CT molecular complexity index is 284. The summed E-state index contributed by atoms with van der Waals surface area (Å²) in [6.45, 7) is 5.69. The molecule has 1 fully saturated rings. The molecule has 1 aliphatic rings. The fraction of sp³-hybridized carbons (Fsp3) is 0.643. The summed E-state index contributed by atoms with van der Waals surface area (Å²) in [6, 6.07) is 0.682. The van der Waals surface area contributed by atoms with E-state index in [4.69, 9.17) is 4.74 Å². The molecule has 0 bridgehead atoms. The summed E-state index contributed by atoms with van der Waals surface area (Å²) in [7, 11) is 0. The van der Waals surface area contributed by atoms with E-state index in [0.29, 0.717) is 12.6 Å². The minimum absolute atomic E-state index is 0.246. The van der Waals surface area contributed by atoms with Crippen molar-refractivity contribution in [2.45, 2.75) is 45.6 Å². The predicted molar refractivity (Wildman–Crippen MR) is 69.5 cm³/mol. The molecular weight excluding hydrogens is 214 g/mol. The van der Waals surface area contributed by atoms with Gasteiger partial charge in [0.25, 0.3) is 0 Å². The van der Waals surface area contributed by atoms with E-state index in [2.05, 4.69) is 24.1 Å². The van der Waals surface area contributed by atoms with E-state index in [0.717, 1.165) is 12.8 Å². The van der Waals surface area contributed by atoms with Crippen molar-refractivity contribution in [1.82, 2.24) is 4.90 Å². The molecule has 1 heterocycles. The van der Waals surface area contributed by atoms with Crippen molar-refractivity contribution in [3.05, 3.63) is 24.4 Å². The number of likely N-dealkylation sites (tertiary alicyclic amines) is 1. The van der Waals surface area contributed by atoms with Crippen LogP contribution in [-0.2, 0) is 9.53 Å². The minimum atomic E-state index is -0.246. The molecule has 0 aliphatic carbocycles. The third kappa shape index (κ3) is 5.57. The number of ether oxygens (including phenoxy) is 1. The summed E-state index contributed by atoms with van der Waals surface area (Å²) in [5, 5.41) is 0. The zero-order valence-corrected chi connectivity index (χ0v) is 10.9. The van der Waals surface area contributed by atoms with Gasteiger partial charge < -0.3 is 9.64 Å². The van der Waals surface area contributed by atoms with E-state index in [1.807, 2.05) is 13.0 Å². The highest BCUT2D eigenvalue weighted by Crippen LogP contribution is 2.16. The van der Waals surface area contributed by atoms with Gasteiger partial charge in [0.1, 0.15) is 0 Å². The first-order valence-electron chi connectivity index (χ1n) is 6.49. The average Bonchev–Trinajstić information content (AvgIpc) is 2.70. The fourth-order valence-corrected chi connectivity index (χ4v) is 1.95. The van der Waals surface area contributed by atoms with Crippen LogP contribution in [0.1, 0.15) is 39.5 Å². The quantitative estimate of drug-likeness (QED) is 0.404. The molecule has 0 unspecified atom stereocenters. The van der Waals surface area contributed by atoms with Gasteiger partial charge in [-0.2, -0.15) is 0 Å². The Hall–Kier alpha value is -1.25. The number of carbonyl (C=O) groups excluding carboxylic acids is 1. The van der Waals surface area contributed by atoms with Crippen molar-refractivity contribution < 1.29 is 9.53 Å². The van der Waals surface area contributed by atoms with E-state index in [9.17, 15) is 4.79 Å². The van der Waals surface area contributed by atoms with Gasteiger partial charge >= 0.3 is 5.97 Å². The summed E-state index contributed by atoms with van der Waals surface area (Å²) in [5.41, 5.74) is 0. The van der Waals surface area contributed by atoms with Crippen molar-refractivity contribution >= 4 is 5.97 Å². The van der Waals surface area contributed by atoms with Gasteiger partial charge in [-0.3, -0.25) is 0 Å². The average molecular weight is 237 g/mol.